The lowest BCUT2D eigenvalue weighted by molar-refractivity contribution is -0.119. The summed E-state index contributed by atoms with van der Waals surface area (Å²) < 4.78 is 5.49. The molecule has 0 atom stereocenters. The van der Waals surface area contributed by atoms with Gasteiger partial charge in [0.15, 0.2) is 4.34 Å². The Morgan fingerprint density at radius 3 is 2.64 bits per heavy atom. The molecule has 1 aliphatic carbocycles. The van der Waals surface area contributed by atoms with Crippen molar-refractivity contribution in [1.82, 2.24) is 10.2 Å². The number of ether oxygens (including phenoxy) is 1. The summed E-state index contributed by atoms with van der Waals surface area (Å²) >= 11 is 2.94. The van der Waals surface area contributed by atoms with Crippen molar-refractivity contribution in [3.63, 3.8) is 0 Å². The first kappa shape index (κ1) is 17.9. The normalized spacial score (nSPS) is 14.4. The average molecular weight is 377 g/mol. The molecule has 1 N–H and O–H groups in total. The molecule has 3 rings (SSSR count). The van der Waals surface area contributed by atoms with Crippen molar-refractivity contribution in [3.05, 3.63) is 35.4 Å². The van der Waals surface area contributed by atoms with Gasteiger partial charge in [0, 0.05) is 11.7 Å². The van der Waals surface area contributed by atoms with E-state index in [4.69, 9.17) is 0 Å². The fourth-order valence-electron chi connectivity index (χ4n) is 2.71. The fraction of sp³-hybridized carbons (Fsp3) is 0.412. The van der Waals surface area contributed by atoms with Gasteiger partial charge in [0.2, 0.25) is 11.0 Å². The molecule has 0 saturated heterocycles. The molecule has 1 amide bonds. The smallest absolute Gasteiger partial charge is 0.337 e. The third kappa shape index (κ3) is 4.79. The molecule has 1 aliphatic rings. The third-order valence-corrected chi connectivity index (χ3v) is 6.14. The van der Waals surface area contributed by atoms with Gasteiger partial charge < -0.3 is 10.1 Å². The summed E-state index contributed by atoms with van der Waals surface area (Å²) in [5, 5.41) is 11.6. The van der Waals surface area contributed by atoms with Crippen LogP contribution in [0.5, 0.6) is 0 Å². The summed E-state index contributed by atoms with van der Waals surface area (Å²) in [5.74, 6) is 0.551. The van der Waals surface area contributed by atoms with Crippen LogP contribution in [0.1, 0.15) is 41.6 Å². The van der Waals surface area contributed by atoms with E-state index in [0.717, 1.165) is 35.6 Å². The third-order valence-electron chi connectivity index (χ3n) is 4.10. The van der Waals surface area contributed by atoms with E-state index in [-0.39, 0.29) is 17.8 Å². The highest BCUT2D eigenvalue weighted by molar-refractivity contribution is 8.00. The van der Waals surface area contributed by atoms with Crippen molar-refractivity contribution in [2.45, 2.75) is 35.8 Å². The highest BCUT2D eigenvalue weighted by atomic mass is 32.2. The number of rotatable bonds is 6. The highest BCUT2D eigenvalue weighted by Gasteiger charge is 2.23. The second-order valence-electron chi connectivity index (χ2n) is 5.82. The van der Waals surface area contributed by atoms with Gasteiger partial charge in [-0.2, -0.15) is 0 Å². The zero-order valence-electron chi connectivity index (χ0n) is 13.9. The van der Waals surface area contributed by atoms with Gasteiger partial charge in [-0.25, -0.2) is 4.79 Å². The lowest BCUT2D eigenvalue weighted by Crippen LogP contribution is -2.20. The molecule has 1 fully saturated rings. The van der Waals surface area contributed by atoms with Crippen molar-refractivity contribution in [2.75, 3.05) is 12.4 Å². The van der Waals surface area contributed by atoms with Crippen LogP contribution in [0.3, 0.4) is 0 Å². The summed E-state index contributed by atoms with van der Waals surface area (Å²) in [4.78, 5) is 23.5. The van der Waals surface area contributed by atoms with E-state index in [9.17, 15) is 9.59 Å². The molecule has 1 saturated carbocycles. The number of amides is 1. The number of nitrogens with one attached hydrogen (secondary N) is 1. The van der Waals surface area contributed by atoms with Crippen molar-refractivity contribution < 1.29 is 14.3 Å². The van der Waals surface area contributed by atoms with E-state index >= 15 is 0 Å². The highest BCUT2D eigenvalue weighted by Crippen LogP contribution is 2.30. The average Bonchev–Trinajstić information content (AvgIpc) is 3.31. The van der Waals surface area contributed by atoms with Crippen molar-refractivity contribution in [3.8, 4) is 0 Å². The van der Waals surface area contributed by atoms with Crippen LogP contribution in [-0.2, 0) is 15.3 Å². The van der Waals surface area contributed by atoms with Gasteiger partial charge in [0.05, 0.1) is 12.7 Å². The number of thioether (sulfide) groups is 1. The standard InChI is InChI=1S/C17H19N3O3S2/c1-23-15(22)13-8-6-11(7-9-13)10-24-17-20-19-16(25-17)18-14(21)12-4-2-3-5-12/h6-9,12H,2-5,10H2,1H3,(H,18,19,21). The largest absolute Gasteiger partial charge is 0.465 e. The maximum Gasteiger partial charge on any atom is 0.337 e. The number of esters is 1. The zero-order valence-corrected chi connectivity index (χ0v) is 15.5. The van der Waals surface area contributed by atoms with E-state index in [1.165, 1.54) is 18.4 Å². The van der Waals surface area contributed by atoms with Gasteiger partial charge in [-0.1, -0.05) is 48.1 Å². The summed E-state index contributed by atoms with van der Waals surface area (Å²) in [6, 6.07) is 7.27. The molecule has 6 nitrogen and oxygen atoms in total. The number of hydrogen-bond acceptors (Lipinski definition) is 7. The Balaban J connectivity index is 1.51. The number of anilines is 1. The van der Waals surface area contributed by atoms with E-state index in [1.54, 1.807) is 23.9 Å². The van der Waals surface area contributed by atoms with Crippen LogP contribution in [0, 0.1) is 5.92 Å². The number of carbonyl (C=O) groups excluding carboxylic acids is 2. The predicted octanol–water partition coefficient (Wildman–Crippen LogP) is 3.75. The number of carbonyl (C=O) groups is 2. The molecule has 0 radical (unpaired) electrons. The van der Waals surface area contributed by atoms with E-state index < -0.39 is 0 Å². The summed E-state index contributed by atoms with van der Waals surface area (Å²) in [5.41, 5.74) is 1.61. The molecule has 0 aliphatic heterocycles. The number of methoxy groups -OCH3 is 1. The number of nitrogens with zero attached hydrogens (tertiary/aromatic N) is 2. The van der Waals surface area contributed by atoms with Gasteiger partial charge in [-0.3, -0.25) is 4.79 Å². The summed E-state index contributed by atoms with van der Waals surface area (Å²) in [6.45, 7) is 0. The molecule has 1 aromatic heterocycles. The van der Waals surface area contributed by atoms with Crippen LogP contribution in [0.4, 0.5) is 5.13 Å². The van der Waals surface area contributed by atoms with Gasteiger partial charge in [-0.15, -0.1) is 10.2 Å². The van der Waals surface area contributed by atoms with Crippen molar-refractivity contribution in [1.29, 1.82) is 0 Å². The van der Waals surface area contributed by atoms with Crippen LogP contribution in [0.15, 0.2) is 28.6 Å². The lowest BCUT2D eigenvalue weighted by Gasteiger charge is -2.06. The molecule has 25 heavy (non-hydrogen) atoms. The Morgan fingerprint density at radius 2 is 1.96 bits per heavy atom. The van der Waals surface area contributed by atoms with Gasteiger partial charge in [-0.05, 0) is 30.5 Å². The lowest BCUT2D eigenvalue weighted by atomic mass is 10.1. The van der Waals surface area contributed by atoms with Crippen LogP contribution in [0.2, 0.25) is 0 Å². The second-order valence-corrected chi connectivity index (χ2v) is 8.02. The van der Waals surface area contributed by atoms with Gasteiger partial charge in [0.1, 0.15) is 0 Å². The van der Waals surface area contributed by atoms with Crippen LogP contribution < -0.4 is 5.32 Å². The number of benzene rings is 1. The van der Waals surface area contributed by atoms with Gasteiger partial charge >= 0.3 is 5.97 Å². The Kier molecular flexibility index (Phi) is 6.04. The Labute approximate surface area is 154 Å². The summed E-state index contributed by atoms with van der Waals surface area (Å²) in [7, 11) is 1.37. The van der Waals surface area contributed by atoms with Crippen molar-refractivity contribution >= 4 is 40.1 Å². The fourth-order valence-corrected chi connectivity index (χ4v) is 4.42. The molecule has 1 aromatic carbocycles. The monoisotopic (exact) mass is 377 g/mol. The molecule has 1 heterocycles. The Hall–Kier alpha value is -1.93. The quantitative estimate of drug-likeness (QED) is 0.469. The molecule has 8 heteroatoms. The van der Waals surface area contributed by atoms with Gasteiger partial charge in [0.25, 0.3) is 0 Å². The molecule has 0 spiro atoms. The minimum atomic E-state index is -0.342. The summed E-state index contributed by atoms with van der Waals surface area (Å²) in [6.07, 6.45) is 4.19. The van der Waals surface area contributed by atoms with Crippen LogP contribution in [0.25, 0.3) is 0 Å². The second kappa shape index (κ2) is 8.44. The number of hydrogen-bond donors (Lipinski definition) is 1. The first-order chi connectivity index (χ1) is 12.2. The topological polar surface area (TPSA) is 81.2 Å². The Morgan fingerprint density at radius 1 is 1.24 bits per heavy atom. The van der Waals surface area contributed by atoms with E-state index in [0.29, 0.717) is 16.4 Å². The Bertz CT molecular complexity index is 740. The molecular formula is C17H19N3O3S2. The minimum absolute atomic E-state index is 0.0589. The number of aromatic nitrogens is 2. The molecule has 132 valence electrons. The van der Waals surface area contributed by atoms with E-state index in [1.807, 2.05) is 12.1 Å². The minimum Gasteiger partial charge on any atom is -0.465 e. The molecule has 0 bridgehead atoms. The molecule has 2 aromatic rings. The van der Waals surface area contributed by atoms with Crippen molar-refractivity contribution in [2.24, 2.45) is 5.92 Å². The molecular weight excluding hydrogens is 358 g/mol. The maximum atomic E-state index is 12.1. The first-order valence-electron chi connectivity index (χ1n) is 8.10. The zero-order chi connectivity index (χ0) is 17.6. The maximum absolute atomic E-state index is 12.1. The SMILES string of the molecule is COC(=O)c1ccc(CSc2nnc(NC(=O)C3CCCC3)s2)cc1. The first-order valence-corrected chi connectivity index (χ1v) is 9.90. The molecule has 0 unspecified atom stereocenters. The van der Waals surface area contributed by atoms with Crippen LogP contribution in [-0.4, -0.2) is 29.2 Å². The van der Waals surface area contributed by atoms with E-state index in [2.05, 4.69) is 20.3 Å². The van der Waals surface area contributed by atoms with Crippen LogP contribution >= 0.6 is 23.1 Å². The predicted molar refractivity (Wildman–Crippen MR) is 97.8 cm³/mol.